The van der Waals surface area contributed by atoms with Crippen molar-refractivity contribution in [3.8, 4) is 0 Å². The van der Waals surface area contributed by atoms with Crippen LogP contribution in [0.15, 0.2) is 54.6 Å². The van der Waals surface area contributed by atoms with Crippen LogP contribution in [-0.4, -0.2) is 15.4 Å². The number of aliphatic hydroxyl groups is 1. The summed E-state index contributed by atoms with van der Waals surface area (Å²) < 4.78 is 2.09. The topological polar surface area (TPSA) is 20.2 Å². The zero-order valence-corrected chi connectivity index (χ0v) is 15.1. The maximum Gasteiger partial charge on any atom is 0.0424 e. The average Bonchev–Trinajstić information content (AvgIpc) is 3.03. The van der Waals surface area contributed by atoms with Crippen LogP contribution in [0.1, 0.15) is 18.9 Å². The zero-order valence-electron chi connectivity index (χ0n) is 11.1. The Labute approximate surface area is 143 Å². The minimum absolute atomic E-state index is 0. The van der Waals surface area contributed by atoms with Crippen LogP contribution in [0.3, 0.4) is 0 Å². The molecule has 0 aliphatic carbocycles. The van der Waals surface area contributed by atoms with E-state index >= 15 is 0 Å². The Morgan fingerprint density at radius 2 is 1.74 bits per heavy atom. The largest absolute Gasteiger partial charge is 1.00 e. The fourth-order valence-electron chi connectivity index (χ4n) is 1.18. The second-order valence-corrected chi connectivity index (χ2v) is 4.79. The van der Waals surface area contributed by atoms with E-state index in [9.17, 15) is 0 Å². The molecular formula is C15H20Cl2OZr-2. The summed E-state index contributed by atoms with van der Waals surface area (Å²) in [5, 5.41) is 8.47. The maximum atomic E-state index is 8.47. The van der Waals surface area contributed by atoms with Crippen molar-refractivity contribution in [2.24, 2.45) is 0 Å². The summed E-state index contributed by atoms with van der Waals surface area (Å²) in [7, 11) is 0. The van der Waals surface area contributed by atoms with Crippen LogP contribution < -0.4 is 24.8 Å². The smallest absolute Gasteiger partial charge is 0.0424 e. The summed E-state index contributed by atoms with van der Waals surface area (Å²) in [4.78, 5) is 0. The van der Waals surface area contributed by atoms with Crippen LogP contribution in [0.4, 0.5) is 0 Å². The predicted molar refractivity (Wildman–Crippen MR) is 71.2 cm³/mol. The molecule has 0 aliphatic heterocycles. The summed E-state index contributed by atoms with van der Waals surface area (Å²) in [6.45, 7) is 2.34. The number of rotatable bonds is 3. The first-order valence-corrected chi connectivity index (χ1v) is 7.20. The standard InChI is InChI=1S/C8H11O.C5H5.C2H4.2ClH.Zr/c9-7-3-6-8-4-1-2-5-8;1-2-4-5-3-1;1-2;;;/h1-2,4-5,9H,3,6-7H2;1-5H;1H,2H3;2*1H;/q2*-1;;;;+2/p-2. The third-order valence-electron chi connectivity index (χ3n) is 1.91. The molecule has 0 aromatic heterocycles. The van der Waals surface area contributed by atoms with Crippen LogP contribution in [0, 0.1) is 0 Å². The Balaban J connectivity index is -0.000000221. The Morgan fingerprint density at radius 1 is 1.16 bits per heavy atom. The van der Waals surface area contributed by atoms with Gasteiger partial charge in [0.25, 0.3) is 0 Å². The predicted octanol–water partition coefficient (Wildman–Crippen LogP) is -2.90. The van der Waals surface area contributed by atoms with Crippen LogP contribution in [0.5, 0.6) is 0 Å². The maximum absolute atomic E-state index is 8.47. The van der Waals surface area contributed by atoms with Crippen LogP contribution in [0.25, 0.3) is 0 Å². The second-order valence-electron chi connectivity index (χ2n) is 3.37. The van der Waals surface area contributed by atoms with Gasteiger partial charge >= 0.3 is 34.9 Å². The molecule has 0 spiro atoms. The van der Waals surface area contributed by atoms with Gasteiger partial charge in [0.1, 0.15) is 0 Å². The molecule has 1 nitrogen and oxygen atoms in total. The van der Waals surface area contributed by atoms with Crippen LogP contribution in [0.2, 0.25) is 0 Å². The van der Waals surface area contributed by atoms with Gasteiger partial charge in [-0.15, -0.1) is 0 Å². The minimum Gasteiger partial charge on any atom is -1.00 e. The minimum atomic E-state index is 0. The van der Waals surface area contributed by atoms with Crippen molar-refractivity contribution in [2.75, 3.05) is 6.61 Å². The fraction of sp³-hybridized carbons (Fsp3) is 0.267. The van der Waals surface area contributed by atoms with E-state index in [1.165, 1.54) is 29.8 Å². The molecule has 2 aromatic carbocycles. The van der Waals surface area contributed by atoms with Gasteiger partial charge in [-0.25, -0.2) is 18.2 Å². The third-order valence-corrected chi connectivity index (χ3v) is 1.91. The van der Waals surface area contributed by atoms with Crippen molar-refractivity contribution in [2.45, 2.75) is 19.8 Å². The molecule has 0 aliphatic rings. The Hall–Kier alpha value is -0.00688. The van der Waals surface area contributed by atoms with Gasteiger partial charge in [0.15, 0.2) is 0 Å². The van der Waals surface area contributed by atoms with Crippen molar-refractivity contribution in [3.05, 3.63) is 60.2 Å². The summed E-state index contributed by atoms with van der Waals surface area (Å²) >= 11 is 1.51. The van der Waals surface area contributed by atoms with Gasteiger partial charge in [-0.3, -0.25) is 0 Å². The van der Waals surface area contributed by atoms with Crippen molar-refractivity contribution >= 4 is 3.71 Å². The number of halogens is 2. The van der Waals surface area contributed by atoms with Gasteiger partial charge in [-0.1, -0.05) is 6.42 Å². The first-order valence-electron chi connectivity index (χ1n) is 5.78. The van der Waals surface area contributed by atoms with Crippen molar-refractivity contribution in [3.63, 3.8) is 0 Å². The van der Waals surface area contributed by atoms with Crippen molar-refractivity contribution in [1.29, 1.82) is 0 Å². The van der Waals surface area contributed by atoms with Crippen molar-refractivity contribution < 1.29 is 54.2 Å². The first-order chi connectivity index (χ1) is 8.35. The molecule has 0 amide bonds. The SMILES string of the molecule is C[CH]=[Zr+2].OCCCc1cc[cH-]c1.[Cl-].[Cl-].c1cc[cH-]c1. The number of hydrogen-bond acceptors (Lipinski definition) is 1. The Kier molecular flexibility index (Phi) is 25.7. The molecule has 0 fully saturated rings. The molecule has 0 radical (unpaired) electrons. The molecule has 0 heterocycles. The molecule has 0 atom stereocenters. The van der Waals surface area contributed by atoms with E-state index < -0.39 is 0 Å². The van der Waals surface area contributed by atoms with Crippen molar-refractivity contribution in [1.82, 2.24) is 0 Å². The second kappa shape index (κ2) is 20.3. The van der Waals surface area contributed by atoms with Gasteiger partial charge in [-0.2, -0.15) is 42.0 Å². The molecule has 4 heteroatoms. The molecule has 106 valence electrons. The monoisotopic (exact) mass is 376 g/mol. The average molecular weight is 378 g/mol. The van der Waals surface area contributed by atoms with Gasteiger partial charge in [0.05, 0.1) is 0 Å². The van der Waals surface area contributed by atoms with E-state index in [-0.39, 0.29) is 24.8 Å². The van der Waals surface area contributed by atoms with E-state index in [1.54, 1.807) is 0 Å². The van der Waals surface area contributed by atoms with Gasteiger partial charge in [0, 0.05) is 6.61 Å². The van der Waals surface area contributed by atoms with E-state index in [4.69, 9.17) is 5.11 Å². The van der Waals surface area contributed by atoms with Crippen LogP contribution in [-0.2, 0) is 30.7 Å². The molecule has 19 heavy (non-hydrogen) atoms. The summed E-state index contributed by atoms with van der Waals surface area (Å²) in [5.74, 6) is 0. The fourth-order valence-corrected chi connectivity index (χ4v) is 1.18. The zero-order chi connectivity index (χ0) is 12.8. The van der Waals surface area contributed by atoms with E-state index in [2.05, 4.69) is 15.8 Å². The quantitative estimate of drug-likeness (QED) is 0.569. The van der Waals surface area contributed by atoms with E-state index in [1.807, 2.05) is 49.4 Å². The molecule has 2 aromatic rings. The van der Waals surface area contributed by atoms with Gasteiger partial charge < -0.3 is 29.9 Å². The third kappa shape index (κ3) is 18.0. The Bertz CT molecular complexity index is 314. The Morgan fingerprint density at radius 3 is 2.05 bits per heavy atom. The molecule has 0 saturated carbocycles. The van der Waals surface area contributed by atoms with E-state index in [0.29, 0.717) is 6.61 Å². The number of hydrogen-bond donors (Lipinski definition) is 1. The molecule has 1 N–H and O–H groups in total. The number of aryl methyl sites for hydroxylation is 1. The van der Waals surface area contributed by atoms with E-state index in [0.717, 1.165) is 12.8 Å². The molecule has 0 saturated heterocycles. The van der Waals surface area contributed by atoms with Gasteiger partial charge in [0.2, 0.25) is 0 Å². The molecule has 2 rings (SSSR count). The first kappa shape index (κ1) is 24.0. The summed E-state index contributed by atoms with van der Waals surface area (Å²) in [6, 6.07) is 18.2. The number of aliphatic hydroxyl groups excluding tert-OH is 1. The summed E-state index contributed by atoms with van der Waals surface area (Å²) in [6.07, 6.45) is 1.88. The van der Waals surface area contributed by atoms with Gasteiger partial charge in [-0.05, 0) is 6.42 Å². The summed E-state index contributed by atoms with van der Waals surface area (Å²) in [5.41, 5.74) is 1.32. The normalized spacial score (nSPS) is 7.58. The molecular weight excluding hydrogens is 358 g/mol. The molecule has 0 unspecified atom stereocenters. The van der Waals surface area contributed by atoms with Crippen LogP contribution >= 0.6 is 0 Å². The molecule has 0 bridgehead atoms.